The molecule has 0 aromatic carbocycles. The Kier molecular flexibility index (Phi) is 11.9. The lowest BCUT2D eigenvalue weighted by atomic mass is 10.3. The highest BCUT2D eigenvalue weighted by Crippen LogP contribution is 1.90. The van der Waals surface area contributed by atoms with Gasteiger partial charge in [-0.3, -0.25) is 0 Å². The van der Waals surface area contributed by atoms with E-state index in [1.807, 2.05) is 0 Å². The van der Waals surface area contributed by atoms with Crippen molar-refractivity contribution in [3.8, 4) is 0 Å². The minimum absolute atomic E-state index is 0.887. The van der Waals surface area contributed by atoms with Crippen molar-refractivity contribution >= 4 is 0 Å². The van der Waals surface area contributed by atoms with Gasteiger partial charge in [0.25, 0.3) is 0 Å². The van der Waals surface area contributed by atoms with Gasteiger partial charge in [0.2, 0.25) is 0 Å². The van der Waals surface area contributed by atoms with E-state index in [-0.39, 0.29) is 0 Å². The summed E-state index contributed by atoms with van der Waals surface area (Å²) < 4.78 is 5.00. The molecule has 0 spiro atoms. The first-order valence-corrected chi connectivity index (χ1v) is 6.27. The van der Waals surface area contributed by atoms with E-state index in [0.717, 1.165) is 26.1 Å². The summed E-state index contributed by atoms with van der Waals surface area (Å²) >= 11 is 0. The number of nitrogens with one attached hydrogen (secondary N) is 1. The largest absolute Gasteiger partial charge is 0.385 e. The smallest absolute Gasteiger partial charge is 0.0462 e. The molecule has 0 unspecified atom stereocenters. The van der Waals surface area contributed by atoms with E-state index in [0.29, 0.717) is 0 Å². The number of likely N-dealkylation sites (N-methyl/N-ethyl adjacent to an activating group) is 1. The molecule has 0 rings (SSSR count). The van der Waals surface area contributed by atoms with Gasteiger partial charge in [-0.25, -0.2) is 0 Å². The molecule has 0 fully saturated rings. The molecule has 3 nitrogen and oxygen atoms in total. The topological polar surface area (TPSA) is 24.5 Å². The summed E-state index contributed by atoms with van der Waals surface area (Å²) in [6, 6.07) is 0. The van der Waals surface area contributed by atoms with E-state index in [2.05, 4.69) is 24.1 Å². The Morgan fingerprint density at radius 3 is 2.47 bits per heavy atom. The molecule has 0 aliphatic rings. The zero-order valence-electron chi connectivity index (χ0n) is 10.7. The van der Waals surface area contributed by atoms with Gasteiger partial charge in [-0.1, -0.05) is 13.8 Å². The van der Waals surface area contributed by atoms with E-state index in [1.165, 1.54) is 32.5 Å². The van der Waals surface area contributed by atoms with Gasteiger partial charge in [-0.05, 0) is 38.9 Å². The Morgan fingerprint density at radius 1 is 1.07 bits per heavy atom. The molecular weight excluding hydrogens is 188 g/mol. The van der Waals surface area contributed by atoms with E-state index < -0.39 is 0 Å². The predicted molar refractivity (Wildman–Crippen MR) is 66.4 cm³/mol. The first-order valence-electron chi connectivity index (χ1n) is 6.27. The van der Waals surface area contributed by atoms with Crippen LogP contribution in [-0.4, -0.2) is 51.3 Å². The number of nitrogens with zero attached hydrogens (tertiary/aromatic N) is 1. The number of hydrogen-bond donors (Lipinski definition) is 1. The van der Waals surface area contributed by atoms with Crippen molar-refractivity contribution in [2.75, 3.05) is 46.4 Å². The lowest BCUT2D eigenvalue weighted by Crippen LogP contribution is -2.33. The van der Waals surface area contributed by atoms with Crippen LogP contribution in [0.5, 0.6) is 0 Å². The monoisotopic (exact) mass is 216 g/mol. The van der Waals surface area contributed by atoms with Gasteiger partial charge in [0.15, 0.2) is 0 Å². The standard InChI is InChI=1S/C12H28N2O/c1-4-10-14(5-2)11-9-13-8-6-7-12-15-3/h13H,4-12H2,1-3H3. The summed E-state index contributed by atoms with van der Waals surface area (Å²) in [5.41, 5.74) is 0. The SMILES string of the molecule is CCCN(CC)CCNCCCCOC. The number of rotatable bonds is 11. The Balaban J connectivity index is 3.14. The molecule has 92 valence electrons. The van der Waals surface area contributed by atoms with Crippen molar-refractivity contribution in [3.63, 3.8) is 0 Å². The van der Waals surface area contributed by atoms with Crippen molar-refractivity contribution in [2.24, 2.45) is 0 Å². The first-order chi connectivity index (χ1) is 7.35. The molecule has 1 N–H and O–H groups in total. The van der Waals surface area contributed by atoms with Gasteiger partial charge in [-0.2, -0.15) is 0 Å². The summed E-state index contributed by atoms with van der Waals surface area (Å²) in [5, 5.41) is 3.47. The normalized spacial score (nSPS) is 11.2. The molecule has 0 radical (unpaired) electrons. The van der Waals surface area contributed by atoms with Crippen molar-refractivity contribution in [2.45, 2.75) is 33.1 Å². The van der Waals surface area contributed by atoms with Crippen molar-refractivity contribution in [1.29, 1.82) is 0 Å². The molecular formula is C12H28N2O. The first kappa shape index (κ1) is 14.9. The fourth-order valence-electron chi connectivity index (χ4n) is 1.60. The molecule has 0 bridgehead atoms. The van der Waals surface area contributed by atoms with Gasteiger partial charge >= 0.3 is 0 Å². The van der Waals surface area contributed by atoms with Crippen molar-refractivity contribution in [1.82, 2.24) is 10.2 Å². The van der Waals surface area contributed by atoms with Crippen LogP contribution >= 0.6 is 0 Å². The molecule has 0 heterocycles. The van der Waals surface area contributed by atoms with Crippen LogP contribution in [0.3, 0.4) is 0 Å². The zero-order valence-corrected chi connectivity index (χ0v) is 10.7. The molecule has 0 aromatic rings. The molecule has 0 saturated carbocycles. The van der Waals surface area contributed by atoms with Crippen LogP contribution in [-0.2, 0) is 4.74 Å². The minimum Gasteiger partial charge on any atom is -0.385 e. The van der Waals surface area contributed by atoms with E-state index in [1.54, 1.807) is 7.11 Å². The van der Waals surface area contributed by atoms with Crippen molar-refractivity contribution < 1.29 is 4.74 Å². The second-order valence-electron chi connectivity index (χ2n) is 3.88. The Morgan fingerprint density at radius 2 is 1.87 bits per heavy atom. The quantitative estimate of drug-likeness (QED) is 0.532. The maximum absolute atomic E-state index is 5.00. The molecule has 0 aliphatic heterocycles. The summed E-state index contributed by atoms with van der Waals surface area (Å²) in [6.07, 6.45) is 3.63. The van der Waals surface area contributed by atoms with E-state index >= 15 is 0 Å². The Bertz CT molecular complexity index is 120. The van der Waals surface area contributed by atoms with Gasteiger partial charge in [-0.15, -0.1) is 0 Å². The fraction of sp³-hybridized carbons (Fsp3) is 1.00. The molecule has 15 heavy (non-hydrogen) atoms. The second-order valence-corrected chi connectivity index (χ2v) is 3.88. The minimum atomic E-state index is 0.887. The average Bonchev–Trinajstić information content (AvgIpc) is 2.26. The van der Waals surface area contributed by atoms with Crippen LogP contribution < -0.4 is 5.32 Å². The van der Waals surface area contributed by atoms with Crippen LogP contribution in [0.25, 0.3) is 0 Å². The lowest BCUT2D eigenvalue weighted by molar-refractivity contribution is 0.192. The third-order valence-corrected chi connectivity index (χ3v) is 2.54. The van der Waals surface area contributed by atoms with Crippen LogP contribution in [0.2, 0.25) is 0 Å². The summed E-state index contributed by atoms with van der Waals surface area (Å²) in [6.45, 7) is 11.2. The van der Waals surface area contributed by atoms with Crippen LogP contribution in [0.15, 0.2) is 0 Å². The van der Waals surface area contributed by atoms with E-state index in [9.17, 15) is 0 Å². The fourth-order valence-corrected chi connectivity index (χ4v) is 1.60. The maximum Gasteiger partial charge on any atom is 0.0462 e. The second kappa shape index (κ2) is 12.0. The molecule has 0 aromatic heterocycles. The lowest BCUT2D eigenvalue weighted by Gasteiger charge is -2.19. The Labute approximate surface area is 95.2 Å². The van der Waals surface area contributed by atoms with E-state index in [4.69, 9.17) is 4.74 Å². The number of ether oxygens (including phenoxy) is 1. The molecule has 0 amide bonds. The summed E-state index contributed by atoms with van der Waals surface area (Å²) in [5.74, 6) is 0. The van der Waals surface area contributed by atoms with Crippen molar-refractivity contribution in [3.05, 3.63) is 0 Å². The molecule has 3 heteroatoms. The van der Waals surface area contributed by atoms with Gasteiger partial charge in [0, 0.05) is 26.8 Å². The zero-order chi connectivity index (χ0) is 11.4. The van der Waals surface area contributed by atoms with Gasteiger partial charge in [0.1, 0.15) is 0 Å². The summed E-state index contributed by atoms with van der Waals surface area (Å²) in [7, 11) is 1.76. The average molecular weight is 216 g/mol. The van der Waals surface area contributed by atoms with Crippen LogP contribution in [0.4, 0.5) is 0 Å². The highest BCUT2D eigenvalue weighted by molar-refractivity contribution is 4.57. The van der Waals surface area contributed by atoms with Gasteiger partial charge in [0.05, 0.1) is 0 Å². The third-order valence-electron chi connectivity index (χ3n) is 2.54. The maximum atomic E-state index is 5.00. The highest BCUT2D eigenvalue weighted by Gasteiger charge is 1.98. The summed E-state index contributed by atoms with van der Waals surface area (Å²) in [4.78, 5) is 2.49. The molecule has 0 aliphatic carbocycles. The molecule has 0 saturated heterocycles. The number of unbranched alkanes of at least 4 members (excludes halogenated alkanes) is 1. The molecule has 0 atom stereocenters. The highest BCUT2D eigenvalue weighted by atomic mass is 16.5. The van der Waals surface area contributed by atoms with Crippen LogP contribution in [0.1, 0.15) is 33.1 Å². The number of methoxy groups -OCH3 is 1. The predicted octanol–water partition coefficient (Wildman–Crippen LogP) is 1.73. The third kappa shape index (κ3) is 10.2. The number of hydrogen-bond acceptors (Lipinski definition) is 3. The Hall–Kier alpha value is -0.120. The van der Waals surface area contributed by atoms with Crippen LogP contribution in [0, 0.1) is 0 Å². The van der Waals surface area contributed by atoms with Gasteiger partial charge < -0.3 is 15.0 Å².